The van der Waals surface area contributed by atoms with Crippen molar-refractivity contribution in [3.8, 4) is 22.1 Å². The fraction of sp³-hybridized carbons (Fsp3) is 0.273. The van der Waals surface area contributed by atoms with Crippen molar-refractivity contribution in [2.24, 2.45) is 0 Å². The summed E-state index contributed by atoms with van der Waals surface area (Å²) in [6.45, 7) is 5.09. The van der Waals surface area contributed by atoms with Gasteiger partial charge in [-0.3, -0.25) is 4.90 Å². The molecule has 0 N–H and O–H groups in total. The first-order valence-corrected chi connectivity index (χ1v) is 11.0. The van der Waals surface area contributed by atoms with E-state index < -0.39 is 0 Å². The van der Waals surface area contributed by atoms with Crippen molar-refractivity contribution < 1.29 is 9.47 Å². The maximum Gasteiger partial charge on any atom is 0.231 e. The fourth-order valence-corrected chi connectivity index (χ4v) is 4.79. The van der Waals surface area contributed by atoms with Crippen molar-refractivity contribution in [3.63, 3.8) is 0 Å². The summed E-state index contributed by atoms with van der Waals surface area (Å²) in [4.78, 5) is 10.7. The van der Waals surface area contributed by atoms with Crippen LogP contribution in [0.3, 0.4) is 0 Å². The number of hydrogen-bond acceptors (Lipinski definition) is 7. The highest BCUT2D eigenvalue weighted by atomic mass is 32.1. The molecule has 6 rings (SSSR count). The van der Waals surface area contributed by atoms with Gasteiger partial charge in [0, 0.05) is 45.1 Å². The van der Waals surface area contributed by atoms with Gasteiger partial charge in [0.15, 0.2) is 17.3 Å². The summed E-state index contributed by atoms with van der Waals surface area (Å²) in [6, 6.07) is 12.5. The zero-order chi connectivity index (χ0) is 19.9. The average molecular weight is 420 g/mol. The van der Waals surface area contributed by atoms with Gasteiger partial charge >= 0.3 is 0 Å². The molecule has 0 unspecified atom stereocenters. The molecule has 5 heterocycles. The highest BCUT2D eigenvalue weighted by molar-refractivity contribution is 7.13. The van der Waals surface area contributed by atoms with Gasteiger partial charge < -0.3 is 14.4 Å². The van der Waals surface area contributed by atoms with Crippen LogP contribution in [0.2, 0.25) is 0 Å². The van der Waals surface area contributed by atoms with Crippen LogP contribution in [0.15, 0.2) is 54.2 Å². The third-order valence-electron chi connectivity index (χ3n) is 5.66. The van der Waals surface area contributed by atoms with E-state index in [-0.39, 0.29) is 0 Å². The third-order valence-corrected chi connectivity index (χ3v) is 6.55. The number of aromatic nitrogens is 3. The summed E-state index contributed by atoms with van der Waals surface area (Å²) in [5.41, 5.74) is 3.31. The molecule has 0 radical (unpaired) electrons. The van der Waals surface area contributed by atoms with Crippen LogP contribution in [-0.4, -0.2) is 52.5 Å². The van der Waals surface area contributed by atoms with E-state index in [0.29, 0.717) is 6.79 Å². The molecule has 0 amide bonds. The Bertz CT molecular complexity index is 1180. The second-order valence-electron chi connectivity index (χ2n) is 7.54. The fourth-order valence-electron chi connectivity index (χ4n) is 4.11. The Kier molecular flexibility index (Phi) is 4.32. The lowest BCUT2D eigenvalue weighted by atomic mass is 10.1. The number of nitrogens with zero attached hydrogens (tertiary/aromatic N) is 5. The van der Waals surface area contributed by atoms with Crippen LogP contribution in [0, 0.1) is 0 Å². The minimum atomic E-state index is 0.318. The largest absolute Gasteiger partial charge is 0.454 e. The minimum Gasteiger partial charge on any atom is -0.454 e. The van der Waals surface area contributed by atoms with E-state index in [2.05, 4.69) is 45.5 Å². The predicted molar refractivity (Wildman–Crippen MR) is 116 cm³/mol. The van der Waals surface area contributed by atoms with E-state index in [1.807, 2.05) is 23.0 Å². The SMILES string of the molecule is c1csc(-c2cc3c(N4CCN(Cc5ccc6c(c5)OCO6)CC4)nccn3n2)c1. The quantitative estimate of drug-likeness (QED) is 0.505. The molecule has 1 fully saturated rings. The van der Waals surface area contributed by atoms with Gasteiger partial charge in [0.05, 0.1) is 4.88 Å². The zero-order valence-corrected chi connectivity index (χ0v) is 17.2. The molecule has 0 aliphatic carbocycles. The maximum atomic E-state index is 5.51. The molecule has 7 nitrogen and oxygen atoms in total. The molecule has 30 heavy (non-hydrogen) atoms. The van der Waals surface area contributed by atoms with E-state index in [9.17, 15) is 0 Å². The van der Waals surface area contributed by atoms with Crippen molar-refractivity contribution in [2.45, 2.75) is 6.54 Å². The summed E-state index contributed by atoms with van der Waals surface area (Å²) in [7, 11) is 0. The van der Waals surface area contributed by atoms with Crippen LogP contribution >= 0.6 is 11.3 Å². The van der Waals surface area contributed by atoms with Gasteiger partial charge in [-0.2, -0.15) is 5.10 Å². The molecule has 3 aromatic heterocycles. The van der Waals surface area contributed by atoms with Crippen LogP contribution in [-0.2, 0) is 6.54 Å². The Morgan fingerprint density at radius 3 is 2.77 bits per heavy atom. The van der Waals surface area contributed by atoms with E-state index in [0.717, 1.165) is 61.3 Å². The standard InChI is InChI=1S/C22H21N5O2S/c1-2-21(30-11-1)17-13-18-22(23-5-6-27(18)24-17)26-9-7-25(8-10-26)14-16-3-4-19-20(12-16)29-15-28-19/h1-6,11-13H,7-10,14-15H2. The van der Waals surface area contributed by atoms with E-state index >= 15 is 0 Å². The molecule has 2 aliphatic rings. The first kappa shape index (κ1) is 17.7. The molecule has 0 atom stereocenters. The molecule has 0 saturated carbocycles. The molecular formula is C22H21N5O2S. The highest BCUT2D eigenvalue weighted by Crippen LogP contribution is 2.33. The Hall–Kier alpha value is -3.10. The average Bonchev–Trinajstić information content (AvgIpc) is 3.53. The molecule has 152 valence electrons. The zero-order valence-electron chi connectivity index (χ0n) is 16.4. The number of hydrogen-bond donors (Lipinski definition) is 0. The van der Waals surface area contributed by atoms with Gasteiger partial charge in [0.1, 0.15) is 11.2 Å². The molecule has 0 bridgehead atoms. The number of ether oxygens (including phenoxy) is 2. The van der Waals surface area contributed by atoms with Crippen LogP contribution < -0.4 is 14.4 Å². The second-order valence-corrected chi connectivity index (χ2v) is 8.49. The molecule has 1 aromatic carbocycles. The van der Waals surface area contributed by atoms with Gasteiger partial charge in [-0.25, -0.2) is 9.50 Å². The predicted octanol–water partition coefficient (Wildman–Crippen LogP) is 3.51. The smallest absolute Gasteiger partial charge is 0.231 e. The van der Waals surface area contributed by atoms with Crippen LogP contribution in [0.4, 0.5) is 5.82 Å². The van der Waals surface area contributed by atoms with Crippen molar-refractivity contribution >= 4 is 22.7 Å². The van der Waals surface area contributed by atoms with Crippen molar-refractivity contribution in [2.75, 3.05) is 37.9 Å². The first-order valence-electron chi connectivity index (χ1n) is 10.1. The summed E-state index contributed by atoms with van der Waals surface area (Å²) in [5.74, 6) is 2.70. The highest BCUT2D eigenvalue weighted by Gasteiger charge is 2.22. The molecule has 4 aromatic rings. The van der Waals surface area contributed by atoms with Crippen molar-refractivity contribution in [3.05, 3.63) is 59.7 Å². The lowest BCUT2D eigenvalue weighted by Crippen LogP contribution is -2.46. The first-order chi connectivity index (χ1) is 14.8. The Labute approximate surface area is 178 Å². The second kappa shape index (κ2) is 7.30. The molecule has 1 saturated heterocycles. The Morgan fingerprint density at radius 1 is 1.00 bits per heavy atom. The van der Waals surface area contributed by atoms with Crippen molar-refractivity contribution in [1.82, 2.24) is 19.5 Å². The van der Waals surface area contributed by atoms with E-state index in [1.165, 1.54) is 10.4 Å². The summed E-state index contributed by atoms with van der Waals surface area (Å²) in [6.07, 6.45) is 3.76. The number of piperazine rings is 1. The molecular weight excluding hydrogens is 398 g/mol. The molecule has 2 aliphatic heterocycles. The topological polar surface area (TPSA) is 55.1 Å². The van der Waals surface area contributed by atoms with Crippen molar-refractivity contribution in [1.29, 1.82) is 0 Å². The molecule has 8 heteroatoms. The van der Waals surface area contributed by atoms with Gasteiger partial charge in [-0.15, -0.1) is 11.3 Å². The van der Waals surface area contributed by atoms with Crippen LogP contribution in [0.1, 0.15) is 5.56 Å². The molecule has 0 spiro atoms. The van der Waals surface area contributed by atoms with Gasteiger partial charge in [-0.05, 0) is 35.2 Å². The Morgan fingerprint density at radius 2 is 1.90 bits per heavy atom. The van der Waals surface area contributed by atoms with Gasteiger partial charge in [0.2, 0.25) is 6.79 Å². The number of fused-ring (bicyclic) bond motifs is 2. The number of anilines is 1. The summed E-state index contributed by atoms with van der Waals surface area (Å²) < 4.78 is 12.9. The van der Waals surface area contributed by atoms with E-state index in [4.69, 9.17) is 19.6 Å². The maximum absolute atomic E-state index is 5.51. The lowest BCUT2D eigenvalue weighted by molar-refractivity contribution is 0.174. The van der Waals surface area contributed by atoms with Gasteiger partial charge in [0.25, 0.3) is 0 Å². The minimum absolute atomic E-state index is 0.318. The lowest BCUT2D eigenvalue weighted by Gasteiger charge is -2.35. The monoisotopic (exact) mass is 419 g/mol. The summed E-state index contributed by atoms with van der Waals surface area (Å²) >= 11 is 1.71. The van der Waals surface area contributed by atoms with Gasteiger partial charge in [-0.1, -0.05) is 12.1 Å². The van der Waals surface area contributed by atoms with Crippen LogP contribution in [0.25, 0.3) is 16.1 Å². The number of benzene rings is 1. The third kappa shape index (κ3) is 3.18. The summed E-state index contributed by atoms with van der Waals surface area (Å²) in [5, 5.41) is 6.82. The van der Waals surface area contributed by atoms with Crippen LogP contribution in [0.5, 0.6) is 11.5 Å². The number of rotatable bonds is 4. The normalized spacial score (nSPS) is 16.5. The Balaban J connectivity index is 1.17. The van der Waals surface area contributed by atoms with E-state index in [1.54, 1.807) is 11.3 Å². The number of thiophene rings is 1.